The predicted molar refractivity (Wildman–Crippen MR) is 108 cm³/mol. The van der Waals surface area contributed by atoms with Gasteiger partial charge in [-0.15, -0.1) is 5.54 Å². The molecule has 0 aliphatic heterocycles. The molecule has 0 fully saturated rings. The Bertz CT molecular complexity index is 644. The first-order valence-electron chi connectivity index (χ1n) is 9.02. The molecule has 0 heterocycles. The Morgan fingerprint density at radius 1 is 1.07 bits per heavy atom. The molecule has 0 rings (SSSR count). The Labute approximate surface area is 168 Å². The maximum atomic E-state index is 12.2. The molecule has 0 spiro atoms. The van der Waals surface area contributed by atoms with E-state index in [4.69, 9.17) is 14.2 Å². The molecular weight excluding hydrogens is 380 g/mol. The minimum Gasteiger partial charge on any atom is -0.462 e. The van der Waals surface area contributed by atoms with E-state index < -0.39 is 49.7 Å². The quantitative estimate of drug-likeness (QED) is 0.296. The van der Waals surface area contributed by atoms with Crippen molar-refractivity contribution in [2.24, 2.45) is 5.41 Å². The summed E-state index contributed by atoms with van der Waals surface area (Å²) >= 11 is 0. The number of carbonyl (C=O) groups excluding carboxylic acids is 3. The maximum Gasteiger partial charge on any atom is 0.311 e. The molecule has 0 radical (unpaired) electrons. The molecule has 0 aromatic heterocycles. The zero-order valence-electron chi connectivity index (χ0n) is 18.0. The van der Waals surface area contributed by atoms with Crippen LogP contribution in [-0.4, -0.2) is 56.0 Å². The normalized spacial score (nSPS) is 15.0. The van der Waals surface area contributed by atoms with E-state index in [1.165, 1.54) is 26.0 Å². The molecule has 3 atom stereocenters. The number of hydrogen-bond donors (Lipinski definition) is 1. The van der Waals surface area contributed by atoms with E-state index in [2.05, 4.69) is 31.1 Å². The molecule has 0 amide bonds. The predicted octanol–water partition coefficient (Wildman–Crippen LogP) is 2.24. The summed E-state index contributed by atoms with van der Waals surface area (Å²) in [5, 5.41) is 10.7. The van der Waals surface area contributed by atoms with Gasteiger partial charge in [0.05, 0.1) is 5.41 Å². The summed E-state index contributed by atoms with van der Waals surface area (Å²) in [7, 11) is -1.59. The number of aliphatic hydroxyl groups is 1. The fraction of sp³-hybridized carbons (Fsp3) is 0.650. The molecule has 158 valence electrons. The molecule has 28 heavy (non-hydrogen) atoms. The van der Waals surface area contributed by atoms with Crippen LogP contribution in [0, 0.1) is 16.9 Å². The van der Waals surface area contributed by atoms with Gasteiger partial charge >= 0.3 is 17.9 Å². The first-order chi connectivity index (χ1) is 12.6. The summed E-state index contributed by atoms with van der Waals surface area (Å²) in [6, 6.07) is 0. The summed E-state index contributed by atoms with van der Waals surface area (Å²) in [5.74, 6) is 1.07. The Balaban J connectivity index is 5.57. The molecule has 0 aromatic carbocycles. The Kier molecular flexibility index (Phi) is 10.2. The third-order valence-electron chi connectivity index (χ3n) is 3.16. The van der Waals surface area contributed by atoms with Gasteiger partial charge in [0.1, 0.15) is 20.8 Å². The van der Waals surface area contributed by atoms with E-state index in [-0.39, 0.29) is 6.61 Å². The minimum absolute atomic E-state index is 0.371. The van der Waals surface area contributed by atoms with Crippen LogP contribution >= 0.6 is 0 Å². The van der Waals surface area contributed by atoms with Crippen LogP contribution in [-0.2, 0) is 28.6 Å². The number of ether oxygens (including phenoxy) is 3. The zero-order valence-corrected chi connectivity index (χ0v) is 19.0. The summed E-state index contributed by atoms with van der Waals surface area (Å²) in [6.45, 7) is 13.2. The Morgan fingerprint density at radius 2 is 1.64 bits per heavy atom. The van der Waals surface area contributed by atoms with E-state index in [1.807, 2.05) is 0 Å². The standard InChI is InChI=1S/C20H32O7Si/c1-14(21)25-13-17(27-19(24)20(3,4)5)18(23)16(26-15(2)22)11-9-10-12-28(6,7)8/h9,11,16-18,23H,13H2,1-8H3/b11-9+. The topological polar surface area (TPSA) is 99.1 Å². The highest BCUT2D eigenvalue weighted by Crippen LogP contribution is 2.19. The Morgan fingerprint density at radius 3 is 2.07 bits per heavy atom. The van der Waals surface area contributed by atoms with Gasteiger partial charge < -0.3 is 19.3 Å². The van der Waals surface area contributed by atoms with Gasteiger partial charge in [0.2, 0.25) is 0 Å². The van der Waals surface area contributed by atoms with Crippen molar-refractivity contribution >= 4 is 26.0 Å². The number of rotatable bonds is 7. The zero-order chi connectivity index (χ0) is 22.1. The molecule has 0 saturated heterocycles. The summed E-state index contributed by atoms with van der Waals surface area (Å²) in [5.41, 5.74) is 2.29. The average Bonchev–Trinajstić information content (AvgIpc) is 2.50. The van der Waals surface area contributed by atoms with Crippen molar-refractivity contribution < 1.29 is 33.7 Å². The van der Waals surface area contributed by atoms with Gasteiger partial charge in [0.25, 0.3) is 0 Å². The van der Waals surface area contributed by atoms with Gasteiger partial charge in [-0.2, -0.15) is 0 Å². The number of allylic oxidation sites excluding steroid dienone is 1. The van der Waals surface area contributed by atoms with Crippen molar-refractivity contribution in [2.45, 2.75) is 72.6 Å². The fourth-order valence-corrected chi connectivity index (χ4v) is 2.26. The maximum absolute atomic E-state index is 12.2. The van der Waals surface area contributed by atoms with Gasteiger partial charge in [-0.25, -0.2) is 0 Å². The van der Waals surface area contributed by atoms with Crippen molar-refractivity contribution in [1.82, 2.24) is 0 Å². The first kappa shape index (κ1) is 25.9. The third kappa shape index (κ3) is 11.6. The molecule has 8 heteroatoms. The number of hydrogen-bond acceptors (Lipinski definition) is 7. The monoisotopic (exact) mass is 412 g/mol. The van der Waals surface area contributed by atoms with E-state index in [0.717, 1.165) is 0 Å². The lowest BCUT2D eigenvalue weighted by molar-refractivity contribution is -0.180. The smallest absolute Gasteiger partial charge is 0.311 e. The molecule has 1 N–H and O–H groups in total. The number of esters is 3. The SMILES string of the molecule is CC(=O)OCC(OC(=O)C(C)(C)C)C(O)C(/C=C/C#C[Si](C)(C)C)OC(C)=O. The largest absolute Gasteiger partial charge is 0.462 e. The van der Waals surface area contributed by atoms with Crippen LogP contribution < -0.4 is 0 Å². The van der Waals surface area contributed by atoms with Gasteiger partial charge in [-0.3, -0.25) is 14.4 Å². The second-order valence-corrected chi connectivity index (χ2v) is 13.2. The van der Waals surface area contributed by atoms with Crippen LogP contribution in [0.25, 0.3) is 0 Å². The van der Waals surface area contributed by atoms with Crippen LogP contribution in [0.4, 0.5) is 0 Å². The Hall–Kier alpha value is -2.11. The van der Waals surface area contributed by atoms with Crippen molar-refractivity contribution in [2.75, 3.05) is 6.61 Å². The summed E-state index contributed by atoms with van der Waals surface area (Å²) in [4.78, 5) is 34.8. The van der Waals surface area contributed by atoms with Crippen LogP contribution in [0.2, 0.25) is 19.6 Å². The van der Waals surface area contributed by atoms with Crippen LogP contribution in [0.15, 0.2) is 12.2 Å². The molecule has 3 unspecified atom stereocenters. The fourth-order valence-electron chi connectivity index (χ4n) is 1.74. The second kappa shape index (κ2) is 11.0. The van der Waals surface area contributed by atoms with Gasteiger partial charge in [0.15, 0.2) is 12.2 Å². The molecule has 0 aliphatic rings. The third-order valence-corrected chi connectivity index (χ3v) is 4.05. The average molecular weight is 413 g/mol. The lowest BCUT2D eigenvalue weighted by atomic mass is 9.97. The minimum atomic E-state index is -1.59. The molecule has 0 saturated carbocycles. The van der Waals surface area contributed by atoms with Gasteiger partial charge in [-0.1, -0.05) is 25.6 Å². The molecule has 0 bridgehead atoms. The highest BCUT2D eigenvalue weighted by molar-refractivity contribution is 6.83. The second-order valence-electron chi connectivity index (χ2n) is 8.44. The van der Waals surface area contributed by atoms with E-state index in [1.54, 1.807) is 20.8 Å². The number of carbonyl (C=O) groups is 3. The first-order valence-corrected chi connectivity index (χ1v) is 12.5. The van der Waals surface area contributed by atoms with E-state index in [0.29, 0.717) is 0 Å². The molecule has 7 nitrogen and oxygen atoms in total. The van der Waals surface area contributed by atoms with Crippen molar-refractivity contribution in [3.05, 3.63) is 12.2 Å². The van der Waals surface area contributed by atoms with Gasteiger partial charge in [0, 0.05) is 13.8 Å². The lowest BCUT2D eigenvalue weighted by Gasteiger charge is -2.29. The highest BCUT2D eigenvalue weighted by atomic mass is 28.3. The molecular formula is C20H32O7Si. The highest BCUT2D eigenvalue weighted by Gasteiger charge is 2.35. The van der Waals surface area contributed by atoms with Crippen LogP contribution in [0.3, 0.4) is 0 Å². The summed E-state index contributed by atoms with van der Waals surface area (Å²) in [6.07, 6.45) is -0.870. The van der Waals surface area contributed by atoms with E-state index >= 15 is 0 Å². The van der Waals surface area contributed by atoms with Crippen LogP contribution in [0.1, 0.15) is 34.6 Å². The molecule has 0 aliphatic carbocycles. The van der Waals surface area contributed by atoms with Gasteiger partial charge in [-0.05, 0) is 32.9 Å². The van der Waals surface area contributed by atoms with Crippen molar-refractivity contribution in [3.8, 4) is 11.5 Å². The molecule has 0 aromatic rings. The van der Waals surface area contributed by atoms with Crippen molar-refractivity contribution in [3.63, 3.8) is 0 Å². The van der Waals surface area contributed by atoms with Crippen LogP contribution in [0.5, 0.6) is 0 Å². The van der Waals surface area contributed by atoms with Crippen molar-refractivity contribution in [1.29, 1.82) is 0 Å². The number of aliphatic hydroxyl groups excluding tert-OH is 1. The van der Waals surface area contributed by atoms with E-state index in [9.17, 15) is 19.5 Å². The lowest BCUT2D eigenvalue weighted by Crippen LogP contribution is -2.45. The summed E-state index contributed by atoms with van der Waals surface area (Å²) < 4.78 is 15.4.